The van der Waals surface area contributed by atoms with Crippen LogP contribution in [0, 0.1) is 0 Å². The van der Waals surface area contributed by atoms with Crippen LogP contribution in [0.5, 0.6) is 0 Å². The van der Waals surface area contributed by atoms with Gasteiger partial charge in [0.05, 0.1) is 11.5 Å². The van der Waals surface area contributed by atoms with Crippen LogP contribution in [0.1, 0.15) is 50.7 Å². The monoisotopic (exact) mass is 500 g/mol. The van der Waals surface area contributed by atoms with Gasteiger partial charge < -0.3 is 10.6 Å². The Kier molecular flexibility index (Phi) is 9.34. The van der Waals surface area contributed by atoms with Gasteiger partial charge in [-0.05, 0) is 47.2 Å². The van der Waals surface area contributed by atoms with Gasteiger partial charge >= 0.3 is 0 Å². The van der Waals surface area contributed by atoms with Crippen molar-refractivity contribution in [1.82, 2.24) is 10.2 Å². The molecule has 0 bridgehead atoms. The van der Waals surface area contributed by atoms with Gasteiger partial charge in [-0.3, -0.25) is 9.59 Å². The van der Waals surface area contributed by atoms with Gasteiger partial charge in [-0.15, -0.1) is 10.2 Å². The summed E-state index contributed by atoms with van der Waals surface area (Å²) in [4.78, 5) is 24.4. The molecular weight excluding hydrogens is 472 g/mol. The van der Waals surface area contributed by atoms with Crippen LogP contribution >= 0.6 is 34.9 Å². The van der Waals surface area contributed by atoms with Crippen molar-refractivity contribution >= 4 is 58.0 Å². The molecule has 174 valence electrons. The molecule has 2 N–H and O–H groups in total. The van der Waals surface area contributed by atoms with Crippen molar-refractivity contribution in [3.63, 3.8) is 0 Å². The fourth-order valence-electron chi connectivity index (χ4n) is 2.87. The zero-order chi connectivity index (χ0) is 23.8. The summed E-state index contributed by atoms with van der Waals surface area (Å²) in [6.07, 6.45) is 0. The van der Waals surface area contributed by atoms with Gasteiger partial charge in [0.1, 0.15) is 0 Å². The second-order valence-electron chi connectivity index (χ2n) is 8.06. The molecule has 0 radical (unpaired) electrons. The number of thioether (sulfide) groups is 2. The van der Waals surface area contributed by atoms with Crippen LogP contribution in [0.15, 0.2) is 57.2 Å². The van der Waals surface area contributed by atoms with Gasteiger partial charge in [0.15, 0.2) is 8.68 Å². The van der Waals surface area contributed by atoms with E-state index in [9.17, 15) is 9.59 Å². The maximum Gasteiger partial charge on any atom is 0.234 e. The van der Waals surface area contributed by atoms with E-state index in [1.807, 2.05) is 48.5 Å². The number of benzene rings is 2. The number of anilines is 2. The van der Waals surface area contributed by atoms with Crippen molar-refractivity contribution in [2.75, 3.05) is 22.1 Å². The van der Waals surface area contributed by atoms with Crippen LogP contribution in [0.25, 0.3) is 0 Å². The van der Waals surface area contributed by atoms with Crippen molar-refractivity contribution in [3.8, 4) is 0 Å². The highest BCUT2D eigenvalue weighted by Crippen LogP contribution is 2.29. The molecule has 0 spiro atoms. The van der Waals surface area contributed by atoms with E-state index < -0.39 is 0 Å². The maximum atomic E-state index is 12.2. The summed E-state index contributed by atoms with van der Waals surface area (Å²) in [6, 6.07) is 15.8. The lowest BCUT2D eigenvalue weighted by molar-refractivity contribution is -0.114. The van der Waals surface area contributed by atoms with E-state index in [2.05, 4.69) is 48.5 Å². The minimum atomic E-state index is -0.0930. The van der Waals surface area contributed by atoms with E-state index in [1.54, 1.807) is 0 Å². The van der Waals surface area contributed by atoms with Crippen molar-refractivity contribution in [1.29, 1.82) is 0 Å². The SMILES string of the molecule is CC(C)c1ccc(NC(=O)CSc2nnc(SCC(=O)Nc3ccc(C(C)C)cc3)s2)cc1. The van der Waals surface area contributed by atoms with Gasteiger partial charge in [0.2, 0.25) is 11.8 Å². The maximum absolute atomic E-state index is 12.2. The fraction of sp³-hybridized carbons (Fsp3) is 0.333. The van der Waals surface area contributed by atoms with Crippen molar-refractivity contribution in [2.24, 2.45) is 0 Å². The largest absolute Gasteiger partial charge is 0.325 e. The Bertz CT molecular complexity index is 980. The van der Waals surface area contributed by atoms with E-state index in [0.717, 1.165) is 11.4 Å². The predicted molar refractivity (Wildman–Crippen MR) is 140 cm³/mol. The fourth-order valence-corrected chi connectivity index (χ4v) is 5.49. The smallest absolute Gasteiger partial charge is 0.234 e. The first kappa shape index (κ1) is 25.3. The van der Waals surface area contributed by atoms with E-state index in [1.165, 1.54) is 46.0 Å². The van der Waals surface area contributed by atoms with E-state index in [4.69, 9.17) is 0 Å². The number of hydrogen-bond acceptors (Lipinski definition) is 7. The van der Waals surface area contributed by atoms with Crippen LogP contribution in [0.4, 0.5) is 11.4 Å². The first-order valence-electron chi connectivity index (χ1n) is 10.7. The van der Waals surface area contributed by atoms with Crippen LogP contribution in [-0.2, 0) is 9.59 Å². The number of rotatable bonds is 10. The topological polar surface area (TPSA) is 84.0 Å². The molecule has 1 aromatic heterocycles. The molecule has 2 aromatic carbocycles. The average molecular weight is 501 g/mol. The lowest BCUT2D eigenvalue weighted by Crippen LogP contribution is -2.13. The zero-order valence-electron chi connectivity index (χ0n) is 19.1. The molecule has 3 rings (SSSR count). The molecule has 33 heavy (non-hydrogen) atoms. The molecule has 0 fully saturated rings. The van der Waals surface area contributed by atoms with Crippen molar-refractivity contribution in [3.05, 3.63) is 59.7 Å². The Morgan fingerprint density at radius 2 is 1.09 bits per heavy atom. The molecular formula is C24H28N4O2S3. The van der Waals surface area contributed by atoms with Crippen LogP contribution in [0.2, 0.25) is 0 Å². The molecule has 0 aliphatic heterocycles. The zero-order valence-corrected chi connectivity index (χ0v) is 21.6. The van der Waals surface area contributed by atoms with Crippen LogP contribution in [-0.4, -0.2) is 33.5 Å². The van der Waals surface area contributed by atoms with E-state index >= 15 is 0 Å². The third-order valence-corrected chi connectivity index (χ3v) is 7.95. The summed E-state index contributed by atoms with van der Waals surface area (Å²) in [7, 11) is 0. The molecule has 0 saturated heterocycles. The van der Waals surface area contributed by atoms with Gasteiger partial charge in [-0.2, -0.15) is 0 Å². The quantitative estimate of drug-likeness (QED) is 0.320. The third-order valence-electron chi connectivity index (χ3n) is 4.76. The normalized spacial score (nSPS) is 11.1. The van der Waals surface area contributed by atoms with Gasteiger partial charge in [0.25, 0.3) is 0 Å². The molecule has 9 heteroatoms. The minimum Gasteiger partial charge on any atom is -0.325 e. The molecule has 0 aliphatic carbocycles. The number of amides is 2. The summed E-state index contributed by atoms with van der Waals surface area (Å²) in [5.74, 6) is 1.22. The standard InChI is InChI=1S/C24H28N4O2S3/c1-15(2)17-5-9-19(10-6-17)25-21(29)13-31-23-27-28-24(33-23)32-14-22(30)26-20-11-7-18(8-12-20)16(3)4/h5-12,15-16H,13-14H2,1-4H3,(H,25,29)(H,26,30). The predicted octanol–water partition coefficient (Wildman–Crippen LogP) is 6.25. The van der Waals surface area contributed by atoms with Gasteiger partial charge in [-0.1, -0.05) is 86.8 Å². The van der Waals surface area contributed by atoms with E-state index in [-0.39, 0.29) is 23.3 Å². The molecule has 0 atom stereocenters. The lowest BCUT2D eigenvalue weighted by atomic mass is 10.0. The molecule has 2 amide bonds. The average Bonchev–Trinajstić information content (AvgIpc) is 3.25. The Morgan fingerprint density at radius 1 is 0.727 bits per heavy atom. The highest BCUT2D eigenvalue weighted by molar-refractivity contribution is 8.03. The summed E-state index contributed by atoms with van der Waals surface area (Å²) < 4.78 is 1.40. The second kappa shape index (κ2) is 12.2. The Balaban J connectivity index is 1.40. The third kappa shape index (κ3) is 8.17. The number of nitrogens with one attached hydrogen (secondary N) is 2. The molecule has 0 saturated carbocycles. The number of carbonyl (C=O) groups is 2. The number of aromatic nitrogens is 2. The molecule has 0 aliphatic rings. The van der Waals surface area contributed by atoms with Crippen molar-refractivity contribution < 1.29 is 9.59 Å². The van der Waals surface area contributed by atoms with Crippen LogP contribution in [0.3, 0.4) is 0 Å². The van der Waals surface area contributed by atoms with Crippen molar-refractivity contribution in [2.45, 2.75) is 48.2 Å². The summed E-state index contributed by atoms with van der Waals surface area (Å²) in [5.41, 5.74) is 4.03. The Morgan fingerprint density at radius 3 is 1.42 bits per heavy atom. The summed E-state index contributed by atoms with van der Waals surface area (Å²) >= 11 is 4.06. The molecule has 3 aromatic rings. The van der Waals surface area contributed by atoms with Gasteiger partial charge in [-0.25, -0.2) is 0 Å². The Hall–Kier alpha value is -2.36. The highest BCUT2D eigenvalue weighted by atomic mass is 32.2. The number of carbonyl (C=O) groups excluding carboxylic acids is 2. The van der Waals surface area contributed by atoms with Crippen LogP contribution < -0.4 is 10.6 Å². The van der Waals surface area contributed by atoms with Gasteiger partial charge in [0, 0.05) is 11.4 Å². The summed E-state index contributed by atoms with van der Waals surface area (Å²) in [5, 5.41) is 14.0. The lowest BCUT2D eigenvalue weighted by Gasteiger charge is -2.08. The molecule has 1 heterocycles. The minimum absolute atomic E-state index is 0.0930. The number of nitrogens with zero attached hydrogens (tertiary/aromatic N) is 2. The first-order valence-corrected chi connectivity index (χ1v) is 13.5. The number of hydrogen-bond donors (Lipinski definition) is 2. The molecule has 0 unspecified atom stereocenters. The summed E-state index contributed by atoms with van der Waals surface area (Å²) in [6.45, 7) is 8.54. The van der Waals surface area contributed by atoms with E-state index in [0.29, 0.717) is 20.5 Å². The Labute approximate surface area is 207 Å². The molecule has 6 nitrogen and oxygen atoms in total. The first-order chi connectivity index (χ1) is 15.8. The highest BCUT2D eigenvalue weighted by Gasteiger charge is 2.11. The second-order valence-corrected chi connectivity index (χ2v) is 11.5.